The zero-order valence-electron chi connectivity index (χ0n) is 16.8. The number of rotatable bonds is 8. The van der Waals surface area contributed by atoms with Gasteiger partial charge in [-0.25, -0.2) is 12.8 Å². The van der Waals surface area contributed by atoms with E-state index in [-0.39, 0.29) is 22.7 Å². The van der Waals surface area contributed by atoms with Crippen molar-refractivity contribution in [1.82, 2.24) is 0 Å². The highest BCUT2D eigenvalue weighted by atomic mass is 32.2. The third-order valence-corrected chi connectivity index (χ3v) is 6.35. The van der Waals surface area contributed by atoms with Gasteiger partial charge in [0.2, 0.25) is 0 Å². The molecule has 0 unspecified atom stereocenters. The smallest absolute Gasteiger partial charge is 0.264 e. The predicted molar refractivity (Wildman–Crippen MR) is 112 cm³/mol. The Balaban J connectivity index is 2.18. The zero-order chi connectivity index (χ0) is 21.7. The summed E-state index contributed by atoms with van der Waals surface area (Å²) in [4.78, 5) is 0.0320. The first-order valence-corrected chi connectivity index (χ1v) is 10.5. The first-order valence-electron chi connectivity index (χ1n) is 9.03. The fourth-order valence-electron chi connectivity index (χ4n) is 2.95. The van der Waals surface area contributed by atoms with Crippen molar-refractivity contribution in [3.8, 4) is 17.2 Å². The number of ether oxygens (including phenoxy) is 3. The summed E-state index contributed by atoms with van der Waals surface area (Å²) in [5, 5.41) is 0. The fourth-order valence-corrected chi connectivity index (χ4v) is 4.39. The Morgan fingerprint density at radius 1 is 0.833 bits per heavy atom. The van der Waals surface area contributed by atoms with Crippen molar-refractivity contribution in [3.05, 3.63) is 78.1 Å². The monoisotopic (exact) mass is 431 g/mol. The molecule has 0 spiro atoms. The molecule has 6 nitrogen and oxygen atoms in total. The first kappa shape index (κ1) is 21.4. The molecule has 0 fully saturated rings. The van der Waals surface area contributed by atoms with Crippen LogP contribution in [0.5, 0.6) is 17.2 Å². The number of sulfonamides is 1. The highest BCUT2D eigenvalue weighted by Crippen LogP contribution is 2.37. The standard InChI is InChI=1S/C22H22FNO5S/c1-27-17-8-11-19(12-9-17)30(25,26)24(15-16-6-4-5-7-20(16)23)21-14-18(28-2)10-13-22(21)29-3/h4-14H,15H2,1-3H3. The maximum absolute atomic E-state index is 14.4. The van der Waals surface area contributed by atoms with Crippen LogP contribution in [-0.4, -0.2) is 29.7 Å². The second-order valence-corrected chi connectivity index (χ2v) is 8.18. The van der Waals surface area contributed by atoms with Gasteiger partial charge < -0.3 is 14.2 Å². The van der Waals surface area contributed by atoms with E-state index in [1.54, 1.807) is 48.5 Å². The summed E-state index contributed by atoms with van der Waals surface area (Å²) in [5.74, 6) is 0.765. The summed E-state index contributed by atoms with van der Waals surface area (Å²) in [6.45, 7) is -0.232. The molecule has 0 saturated carbocycles. The van der Waals surface area contributed by atoms with E-state index in [4.69, 9.17) is 14.2 Å². The van der Waals surface area contributed by atoms with Gasteiger partial charge in [-0.15, -0.1) is 0 Å². The Hall–Kier alpha value is -3.26. The lowest BCUT2D eigenvalue weighted by Gasteiger charge is -2.27. The lowest BCUT2D eigenvalue weighted by Crippen LogP contribution is -2.31. The van der Waals surface area contributed by atoms with E-state index in [2.05, 4.69) is 0 Å². The molecule has 0 saturated heterocycles. The maximum atomic E-state index is 14.4. The molecule has 3 rings (SSSR count). The van der Waals surface area contributed by atoms with Crippen molar-refractivity contribution in [3.63, 3.8) is 0 Å². The van der Waals surface area contributed by atoms with Crippen molar-refractivity contribution in [2.75, 3.05) is 25.6 Å². The lowest BCUT2D eigenvalue weighted by molar-refractivity contribution is 0.403. The van der Waals surface area contributed by atoms with E-state index in [1.165, 1.54) is 39.5 Å². The van der Waals surface area contributed by atoms with Crippen LogP contribution in [0.25, 0.3) is 0 Å². The second kappa shape index (κ2) is 9.04. The molecule has 30 heavy (non-hydrogen) atoms. The molecular formula is C22H22FNO5S. The third kappa shape index (κ3) is 4.33. The summed E-state index contributed by atoms with van der Waals surface area (Å²) < 4.78 is 58.4. The fraction of sp³-hybridized carbons (Fsp3) is 0.182. The molecular weight excluding hydrogens is 409 g/mol. The van der Waals surface area contributed by atoms with Gasteiger partial charge in [-0.2, -0.15) is 0 Å². The van der Waals surface area contributed by atoms with Crippen LogP contribution in [0.1, 0.15) is 5.56 Å². The molecule has 0 heterocycles. The van der Waals surface area contributed by atoms with Gasteiger partial charge in [-0.3, -0.25) is 4.31 Å². The summed E-state index contributed by atoms with van der Waals surface area (Å²) in [6.07, 6.45) is 0. The van der Waals surface area contributed by atoms with Crippen LogP contribution < -0.4 is 18.5 Å². The van der Waals surface area contributed by atoms with Crippen molar-refractivity contribution >= 4 is 15.7 Å². The number of nitrogens with zero attached hydrogens (tertiary/aromatic N) is 1. The van der Waals surface area contributed by atoms with E-state index >= 15 is 0 Å². The number of hydrogen-bond donors (Lipinski definition) is 0. The lowest BCUT2D eigenvalue weighted by atomic mass is 10.2. The molecule has 3 aromatic rings. The molecule has 0 aromatic heterocycles. The maximum Gasteiger partial charge on any atom is 0.264 e. The van der Waals surface area contributed by atoms with E-state index in [1.807, 2.05) is 0 Å². The van der Waals surface area contributed by atoms with Gasteiger partial charge in [-0.1, -0.05) is 18.2 Å². The largest absolute Gasteiger partial charge is 0.497 e. The highest BCUT2D eigenvalue weighted by Gasteiger charge is 2.29. The Labute approximate surface area is 175 Å². The minimum Gasteiger partial charge on any atom is -0.497 e. The van der Waals surface area contributed by atoms with Gasteiger partial charge >= 0.3 is 0 Å². The quantitative estimate of drug-likeness (QED) is 0.534. The van der Waals surface area contributed by atoms with Crippen molar-refractivity contribution < 1.29 is 27.0 Å². The molecule has 0 atom stereocenters. The Bertz CT molecular complexity index is 1120. The minimum atomic E-state index is -4.08. The molecule has 0 aliphatic rings. The molecule has 0 aliphatic heterocycles. The number of benzene rings is 3. The van der Waals surface area contributed by atoms with E-state index in [9.17, 15) is 12.8 Å². The van der Waals surface area contributed by atoms with Crippen molar-refractivity contribution in [1.29, 1.82) is 0 Å². The minimum absolute atomic E-state index is 0.0320. The van der Waals surface area contributed by atoms with Crippen LogP contribution in [0, 0.1) is 5.82 Å². The van der Waals surface area contributed by atoms with Crippen molar-refractivity contribution in [2.24, 2.45) is 0 Å². The van der Waals surface area contributed by atoms with Gasteiger partial charge in [-0.05, 0) is 42.5 Å². The Morgan fingerprint density at radius 3 is 2.07 bits per heavy atom. The number of methoxy groups -OCH3 is 3. The van der Waals surface area contributed by atoms with Crippen LogP contribution in [-0.2, 0) is 16.6 Å². The molecule has 0 amide bonds. The molecule has 8 heteroatoms. The highest BCUT2D eigenvalue weighted by molar-refractivity contribution is 7.92. The van der Waals surface area contributed by atoms with Crippen LogP contribution in [0.4, 0.5) is 10.1 Å². The second-order valence-electron chi connectivity index (χ2n) is 6.32. The van der Waals surface area contributed by atoms with Crippen LogP contribution in [0.15, 0.2) is 71.6 Å². The predicted octanol–water partition coefficient (Wildman–Crippen LogP) is 4.25. The van der Waals surface area contributed by atoms with Gasteiger partial charge in [0.1, 0.15) is 23.1 Å². The molecule has 0 aliphatic carbocycles. The SMILES string of the molecule is COc1ccc(S(=O)(=O)N(Cc2ccccc2F)c2cc(OC)ccc2OC)cc1. The molecule has 0 N–H and O–H groups in total. The van der Waals surface area contributed by atoms with Crippen LogP contribution in [0.3, 0.4) is 0 Å². The molecule has 0 bridgehead atoms. The van der Waals surface area contributed by atoms with E-state index < -0.39 is 15.8 Å². The summed E-state index contributed by atoms with van der Waals surface area (Å²) in [7, 11) is 0.333. The number of anilines is 1. The average molecular weight is 431 g/mol. The van der Waals surface area contributed by atoms with Crippen LogP contribution in [0.2, 0.25) is 0 Å². The third-order valence-electron chi connectivity index (χ3n) is 4.57. The summed E-state index contributed by atoms with van der Waals surface area (Å²) in [6, 6.07) is 16.8. The van der Waals surface area contributed by atoms with E-state index in [0.717, 1.165) is 4.31 Å². The van der Waals surface area contributed by atoms with Crippen molar-refractivity contribution in [2.45, 2.75) is 11.4 Å². The average Bonchev–Trinajstić information content (AvgIpc) is 2.78. The Morgan fingerprint density at radius 2 is 1.47 bits per heavy atom. The van der Waals surface area contributed by atoms with Gasteiger partial charge in [0, 0.05) is 11.6 Å². The van der Waals surface area contributed by atoms with Gasteiger partial charge in [0.25, 0.3) is 10.0 Å². The van der Waals surface area contributed by atoms with E-state index in [0.29, 0.717) is 17.2 Å². The summed E-state index contributed by atoms with van der Waals surface area (Å²) in [5.41, 5.74) is 0.454. The zero-order valence-corrected chi connectivity index (χ0v) is 17.6. The topological polar surface area (TPSA) is 65.1 Å². The van der Waals surface area contributed by atoms with Gasteiger partial charge in [0.05, 0.1) is 38.5 Å². The number of halogens is 1. The Kier molecular flexibility index (Phi) is 6.47. The molecule has 158 valence electrons. The summed E-state index contributed by atoms with van der Waals surface area (Å²) >= 11 is 0. The number of hydrogen-bond acceptors (Lipinski definition) is 5. The molecule has 3 aromatic carbocycles. The normalized spacial score (nSPS) is 11.1. The van der Waals surface area contributed by atoms with Gasteiger partial charge in [0.15, 0.2) is 0 Å². The van der Waals surface area contributed by atoms with Crippen LogP contribution >= 0.6 is 0 Å². The molecule has 0 radical (unpaired) electrons. The first-order chi connectivity index (χ1) is 14.4.